The number of halogens is 3. The Labute approximate surface area is 92.9 Å². The van der Waals surface area contributed by atoms with Gasteiger partial charge in [-0.05, 0) is 25.6 Å². The second-order valence-corrected chi connectivity index (χ2v) is 3.70. The van der Waals surface area contributed by atoms with Gasteiger partial charge < -0.3 is 5.32 Å². The molecule has 0 saturated carbocycles. The maximum atomic E-state index is 12.4. The minimum Gasteiger partial charge on any atom is -0.314 e. The minimum absolute atomic E-state index is 0.126. The quantitative estimate of drug-likeness (QED) is 0.863. The van der Waals surface area contributed by atoms with Gasteiger partial charge in [0.25, 0.3) is 0 Å². The maximum Gasteiger partial charge on any atom is 0.416 e. The summed E-state index contributed by atoms with van der Waals surface area (Å²) < 4.78 is 37.2. The highest BCUT2D eigenvalue weighted by atomic mass is 19.4. The lowest BCUT2D eigenvalue weighted by molar-refractivity contribution is -0.137. The number of nitrogens with zero attached hydrogens (tertiary/aromatic N) is 1. The molecule has 1 aromatic rings. The number of hydrogen-bond donors (Lipinski definition) is 1. The van der Waals surface area contributed by atoms with Gasteiger partial charge in [-0.15, -0.1) is 0 Å². The van der Waals surface area contributed by atoms with Crippen molar-refractivity contribution < 1.29 is 13.2 Å². The van der Waals surface area contributed by atoms with Crippen molar-refractivity contribution in [3.8, 4) is 0 Å². The normalized spacial score (nSPS) is 13.8. The lowest BCUT2D eigenvalue weighted by Gasteiger charge is -2.13. The van der Waals surface area contributed by atoms with Gasteiger partial charge in [0.2, 0.25) is 0 Å². The van der Waals surface area contributed by atoms with Gasteiger partial charge in [-0.25, -0.2) is 0 Å². The van der Waals surface area contributed by atoms with Crippen molar-refractivity contribution >= 4 is 0 Å². The highest BCUT2D eigenvalue weighted by molar-refractivity contribution is 5.19. The molecule has 0 aliphatic carbocycles. The Morgan fingerprint density at radius 2 is 2.12 bits per heavy atom. The Balaban J connectivity index is 2.75. The largest absolute Gasteiger partial charge is 0.416 e. The predicted molar refractivity (Wildman–Crippen MR) is 56.1 cm³/mol. The molecule has 1 N–H and O–H groups in total. The van der Waals surface area contributed by atoms with Crippen LogP contribution in [0.4, 0.5) is 13.2 Å². The lowest BCUT2D eigenvalue weighted by atomic mass is 10.1. The number of aromatic nitrogens is 1. The fourth-order valence-electron chi connectivity index (χ4n) is 1.50. The van der Waals surface area contributed by atoms with Crippen LogP contribution in [0.5, 0.6) is 0 Å². The van der Waals surface area contributed by atoms with E-state index in [9.17, 15) is 13.2 Å². The molecule has 1 aromatic heterocycles. The molecule has 0 radical (unpaired) electrons. The van der Waals surface area contributed by atoms with E-state index in [1.807, 2.05) is 13.8 Å². The molecule has 0 amide bonds. The van der Waals surface area contributed by atoms with Crippen molar-refractivity contribution in [1.29, 1.82) is 0 Å². The predicted octanol–water partition coefficient (Wildman–Crippen LogP) is 2.64. The monoisotopic (exact) mass is 232 g/mol. The van der Waals surface area contributed by atoms with Crippen LogP contribution in [0, 0.1) is 0 Å². The average molecular weight is 232 g/mol. The van der Waals surface area contributed by atoms with Gasteiger partial charge in [-0.3, -0.25) is 4.98 Å². The SMILES string of the molecule is CCNC(C)Cc1cc(C(F)(F)F)ccn1. The molecule has 1 unspecified atom stereocenters. The molecule has 1 rings (SSSR count). The zero-order valence-corrected chi connectivity index (χ0v) is 9.30. The maximum absolute atomic E-state index is 12.4. The third-order valence-electron chi connectivity index (χ3n) is 2.21. The summed E-state index contributed by atoms with van der Waals surface area (Å²) in [7, 11) is 0. The summed E-state index contributed by atoms with van der Waals surface area (Å²) in [5.74, 6) is 0. The Kier molecular flexibility index (Phi) is 4.29. The molecule has 1 atom stereocenters. The standard InChI is InChI=1S/C11H15F3N2/c1-3-15-8(2)6-10-7-9(4-5-16-10)11(12,13)14/h4-5,7-8,15H,3,6H2,1-2H3. The molecule has 0 fully saturated rings. The van der Waals surface area contributed by atoms with E-state index in [0.29, 0.717) is 12.1 Å². The number of nitrogens with one attached hydrogen (secondary N) is 1. The number of hydrogen-bond acceptors (Lipinski definition) is 2. The van der Waals surface area contributed by atoms with Crippen LogP contribution in [0.2, 0.25) is 0 Å². The van der Waals surface area contributed by atoms with Gasteiger partial charge >= 0.3 is 6.18 Å². The first-order valence-corrected chi connectivity index (χ1v) is 5.19. The van der Waals surface area contributed by atoms with E-state index in [1.54, 1.807) is 0 Å². The Morgan fingerprint density at radius 3 is 2.69 bits per heavy atom. The van der Waals surface area contributed by atoms with Crippen molar-refractivity contribution in [2.45, 2.75) is 32.5 Å². The van der Waals surface area contributed by atoms with Crippen LogP contribution >= 0.6 is 0 Å². The Hall–Kier alpha value is -1.10. The first kappa shape index (κ1) is 13.0. The average Bonchev–Trinajstić information content (AvgIpc) is 2.17. The van der Waals surface area contributed by atoms with Crippen LogP contribution in [0.25, 0.3) is 0 Å². The van der Waals surface area contributed by atoms with Crippen molar-refractivity contribution in [2.75, 3.05) is 6.54 Å². The molecule has 0 spiro atoms. The molecule has 5 heteroatoms. The summed E-state index contributed by atoms with van der Waals surface area (Å²) in [6.45, 7) is 4.67. The summed E-state index contributed by atoms with van der Waals surface area (Å²) in [6, 6.07) is 2.22. The highest BCUT2D eigenvalue weighted by Crippen LogP contribution is 2.29. The molecule has 2 nitrogen and oxygen atoms in total. The smallest absolute Gasteiger partial charge is 0.314 e. The van der Waals surface area contributed by atoms with Gasteiger partial charge in [0.15, 0.2) is 0 Å². The molecule has 0 aromatic carbocycles. The molecule has 16 heavy (non-hydrogen) atoms. The summed E-state index contributed by atoms with van der Waals surface area (Å²) in [6.07, 6.45) is -2.59. The van der Waals surface area contributed by atoms with Crippen LogP contribution in [-0.4, -0.2) is 17.6 Å². The second kappa shape index (κ2) is 5.30. The molecule has 90 valence electrons. The number of alkyl halides is 3. The molecule has 0 aliphatic heterocycles. The van der Waals surface area contributed by atoms with Crippen LogP contribution in [0.1, 0.15) is 25.1 Å². The van der Waals surface area contributed by atoms with Crippen LogP contribution in [0.15, 0.2) is 18.3 Å². The fourth-order valence-corrected chi connectivity index (χ4v) is 1.50. The van der Waals surface area contributed by atoms with Crippen molar-refractivity contribution in [3.05, 3.63) is 29.6 Å². The Bertz CT molecular complexity index is 336. The summed E-state index contributed by atoms with van der Waals surface area (Å²) in [5.41, 5.74) is -0.176. The van der Waals surface area contributed by atoms with Gasteiger partial charge in [-0.2, -0.15) is 13.2 Å². The third-order valence-corrected chi connectivity index (χ3v) is 2.21. The molecular weight excluding hydrogens is 217 g/mol. The lowest BCUT2D eigenvalue weighted by Crippen LogP contribution is -2.28. The molecular formula is C11H15F3N2. The number of likely N-dealkylation sites (N-methyl/N-ethyl adjacent to an activating group) is 1. The van der Waals surface area contributed by atoms with E-state index in [-0.39, 0.29) is 6.04 Å². The number of rotatable bonds is 4. The van der Waals surface area contributed by atoms with E-state index in [4.69, 9.17) is 0 Å². The van der Waals surface area contributed by atoms with Gasteiger partial charge in [0.1, 0.15) is 0 Å². The van der Waals surface area contributed by atoms with Crippen LogP contribution in [0.3, 0.4) is 0 Å². The van der Waals surface area contributed by atoms with Gasteiger partial charge in [-0.1, -0.05) is 6.92 Å². The van der Waals surface area contributed by atoms with E-state index < -0.39 is 11.7 Å². The summed E-state index contributed by atoms with van der Waals surface area (Å²) in [4.78, 5) is 3.94. The summed E-state index contributed by atoms with van der Waals surface area (Å²) >= 11 is 0. The van der Waals surface area contributed by atoms with E-state index in [0.717, 1.165) is 18.7 Å². The first-order valence-electron chi connectivity index (χ1n) is 5.19. The van der Waals surface area contributed by atoms with Crippen LogP contribution in [-0.2, 0) is 12.6 Å². The van der Waals surface area contributed by atoms with Crippen molar-refractivity contribution in [1.82, 2.24) is 10.3 Å². The van der Waals surface area contributed by atoms with Crippen molar-refractivity contribution in [3.63, 3.8) is 0 Å². The van der Waals surface area contributed by atoms with Gasteiger partial charge in [0.05, 0.1) is 5.56 Å². The second-order valence-electron chi connectivity index (χ2n) is 3.70. The van der Waals surface area contributed by atoms with E-state index in [2.05, 4.69) is 10.3 Å². The van der Waals surface area contributed by atoms with Crippen LogP contribution < -0.4 is 5.32 Å². The molecule has 0 bridgehead atoms. The highest BCUT2D eigenvalue weighted by Gasteiger charge is 2.30. The summed E-state index contributed by atoms with van der Waals surface area (Å²) in [5, 5.41) is 3.13. The molecule has 1 heterocycles. The first-order chi connectivity index (χ1) is 7.43. The number of pyridine rings is 1. The topological polar surface area (TPSA) is 24.9 Å². The third kappa shape index (κ3) is 3.81. The fraction of sp³-hybridized carbons (Fsp3) is 0.545. The van der Waals surface area contributed by atoms with E-state index in [1.165, 1.54) is 6.20 Å². The zero-order valence-electron chi connectivity index (χ0n) is 9.30. The molecule has 0 aliphatic rings. The Morgan fingerprint density at radius 1 is 1.44 bits per heavy atom. The van der Waals surface area contributed by atoms with E-state index >= 15 is 0 Å². The van der Waals surface area contributed by atoms with Crippen molar-refractivity contribution in [2.24, 2.45) is 0 Å². The minimum atomic E-state index is -4.29. The zero-order chi connectivity index (χ0) is 12.2. The van der Waals surface area contributed by atoms with Gasteiger partial charge in [0, 0.05) is 24.4 Å². The molecule has 0 saturated heterocycles.